The molecule has 0 aliphatic rings. The van der Waals surface area contributed by atoms with Crippen LogP contribution in [0.25, 0.3) is 0 Å². The van der Waals surface area contributed by atoms with Gasteiger partial charge in [0.2, 0.25) is 0 Å². The lowest BCUT2D eigenvalue weighted by Gasteiger charge is -2.16. The molecule has 0 aliphatic heterocycles. The van der Waals surface area contributed by atoms with Gasteiger partial charge in [0, 0.05) is 7.05 Å². The van der Waals surface area contributed by atoms with Crippen molar-refractivity contribution in [2.45, 2.75) is 20.4 Å². The Hall–Kier alpha value is -1.98. The maximum atomic E-state index is 11.6. The molecule has 100 valence electrons. The van der Waals surface area contributed by atoms with Crippen LogP contribution in [0.2, 0.25) is 0 Å². The van der Waals surface area contributed by atoms with E-state index >= 15 is 0 Å². The van der Waals surface area contributed by atoms with Crippen LogP contribution >= 0.6 is 0 Å². The lowest BCUT2D eigenvalue weighted by atomic mass is 10.4. The summed E-state index contributed by atoms with van der Waals surface area (Å²) >= 11 is 0. The van der Waals surface area contributed by atoms with Crippen molar-refractivity contribution in [3.05, 3.63) is 23.7 Å². The summed E-state index contributed by atoms with van der Waals surface area (Å²) in [6.07, 6.45) is 0. The smallest absolute Gasteiger partial charge is 0.325 e. The number of furan rings is 1. The van der Waals surface area contributed by atoms with Crippen molar-refractivity contribution in [2.24, 2.45) is 0 Å². The fourth-order valence-electron chi connectivity index (χ4n) is 1.37. The van der Waals surface area contributed by atoms with Gasteiger partial charge in [-0.05, 0) is 26.0 Å². The van der Waals surface area contributed by atoms with E-state index in [4.69, 9.17) is 9.15 Å². The SMILES string of the molecule is CCOC(=O)CNC(=O)N(C)Cc1ccc(C)o1. The first-order chi connectivity index (χ1) is 8.52. The van der Waals surface area contributed by atoms with E-state index in [9.17, 15) is 9.59 Å². The van der Waals surface area contributed by atoms with Crippen LogP contribution < -0.4 is 5.32 Å². The van der Waals surface area contributed by atoms with E-state index in [1.807, 2.05) is 19.1 Å². The molecule has 0 unspecified atom stereocenters. The first-order valence-electron chi connectivity index (χ1n) is 5.72. The molecule has 1 aromatic heterocycles. The standard InChI is InChI=1S/C12H18N2O4/c1-4-17-11(15)7-13-12(16)14(3)8-10-6-5-9(2)18-10/h5-6H,4,7-8H2,1-3H3,(H,13,16). The summed E-state index contributed by atoms with van der Waals surface area (Å²) < 4.78 is 10.1. The highest BCUT2D eigenvalue weighted by atomic mass is 16.5. The molecule has 0 radical (unpaired) electrons. The Morgan fingerprint density at radius 2 is 2.17 bits per heavy atom. The van der Waals surface area contributed by atoms with Gasteiger partial charge >= 0.3 is 12.0 Å². The van der Waals surface area contributed by atoms with E-state index in [2.05, 4.69) is 5.32 Å². The second kappa shape index (κ2) is 6.68. The number of carbonyl (C=O) groups excluding carboxylic acids is 2. The van der Waals surface area contributed by atoms with Crippen LogP contribution in [-0.2, 0) is 16.1 Å². The first kappa shape index (κ1) is 14.1. The monoisotopic (exact) mass is 254 g/mol. The topological polar surface area (TPSA) is 71.8 Å². The number of urea groups is 1. The number of nitrogens with zero attached hydrogens (tertiary/aromatic N) is 1. The van der Waals surface area contributed by atoms with E-state index in [-0.39, 0.29) is 12.6 Å². The summed E-state index contributed by atoms with van der Waals surface area (Å²) in [6, 6.07) is 3.29. The van der Waals surface area contributed by atoms with Crippen molar-refractivity contribution in [1.29, 1.82) is 0 Å². The van der Waals surface area contributed by atoms with E-state index in [1.54, 1.807) is 14.0 Å². The third-order valence-electron chi connectivity index (χ3n) is 2.22. The second-order valence-corrected chi connectivity index (χ2v) is 3.83. The number of amides is 2. The van der Waals surface area contributed by atoms with Crippen LogP contribution in [0.5, 0.6) is 0 Å². The molecule has 0 aliphatic carbocycles. The van der Waals surface area contributed by atoms with E-state index in [0.717, 1.165) is 5.76 Å². The number of carbonyl (C=O) groups is 2. The molecule has 0 fully saturated rings. The molecule has 0 saturated heterocycles. The van der Waals surface area contributed by atoms with Crippen molar-refractivity contribution in [3.8, 4) is 0 Å². The molecule has 1 aromatic rings. The Morgan fingerprint density at radius 1 is 1.44 bits per heavy atom. The average molecular weight is 254 g/mol. The zero-order chi connectivity index (χ0) is 13.5. The highest BCUT2D eigenvalue weighted by Gasteiger charge is 2.12. The summed E-state index contributed by atoms with van der Waals surface area (Å²) in [6.45, 7) is 4.07. The largest absolute Gasteiger partial charge is 0.465 e. The molecular weight excluding hydrogens is 236 g/mol. The lowest BCUT2D eigenvalue weighted by Crippen LogP contribution is -2.39. The van der Waals surface area contributed by atoms with Gasteiger partial charge in [0.05, 0.1) is 13.2 Å². The number of ether oxygens (including phenoxy) is 1. The molecular formula is C12H18N2O4. The number of nitrogens with one attached hydrogen (secondary N) is 1. The first-order valence-corrected chi connectivity index (χ1v) is 5.72. The van der Waals surface area contributed by atoms with E-state index in [1.165, 1.54) is 4.90 Å². The quantitative estimate of drug-likeness (QED) is 0.804. The summed E-state index contributed by atoms with van der Waals surface area (Å²) in [4.78, 5) is 24.1. The summed E-state index contributed by atoms with van der Waals surface area (Å²) in [5.41, 5.74) is 0. The predicted octanol–water partition coefficient (Wildman–Crippen LogP) is 1.29. The average Bonchev–Trinajstić information content (AvgIpc) is 2.72. The van der Waals surface area contributed by atoms with Crippen molar-refractivity contribution in [1.82, 2.24) is 10.2 Å². The minimum atomic E-state index is -0.451. The van der Waals surface area contributed by atoms with Gasteiger partial charge in [0.25, 0.3) is 0 Å². The van der Waals surface area contributed by atoms with Crippen LogP contribution in [0, 0.1) is 6.92 Å². The van der Waals surface area contributed by atoms with Crippen molar-refractivity contribution in [2.75, 3.05) is 20.2 Å². The van der Waals surface area contributed by atoms with Crippen molar-refractivity contribution >= 4 is 12.0 Å². The molecule has 1 rings (SSSR count). The zero-order valence-electron chi connectivity index (χ0n) is 10.9. The van der Waals surface area contributed by atoms with E-state index in [0.29, 0.717) is 18.9 Å². The summed E-state index contributed by atoms with van der Waals surface area (Å²) in [5, 5.41) is 2.46. The van der Waals surface area contributed by atoms with Gasteiger partial charge in [-0.15, -0.1) is 0 Å². The number of hydrogen-bond donors (Lipinski definition) is 1. The highest BCUT2D eigenvalue weighted by Crippen LogP contribution is 2.08. The Bertz CT molecular complexity index is 414. The predicted molar refractivity (Wildman–Crippen MR) is 64.9 cm³/mol. The van der Waals surface area contributed by atoms with Gasteiger partial charge in [0.1, 0.15) is 18.1 Å². The Morgan fingerprint density at radius 3 is 2.72 bits per heavy atom. The molecule has 0 saturated carbocycles. The maximum absolute atomic E-state index is 11.6. The molecule has 0 bridgehead atoms. The van der Waals surface area contributed by atoms with Gasteiger partial charge in [0.15, 0.2) is 0 Å². The van der Waals surface area contributed by atoms with Gasteiger partial charge in [-0.2, -0.15) is 0 Å². The minimum absolute atomic E-state index is 0.131. The second-order valence-electron chi connectivity index (χ2n) is 3.83. The maximum Gasteiger partial charge on any atom is 0.325 e. The highest BCUT2D eigenvalue weighted by molar-refractivity contribution is 5.80. The minimum Gasteiger partial charge on any atom is -0.465 e. The van der Waals surface area contributed by atoms with Gasteiger partial charge in [-0.25, -0.2) is 4.79 Å². The van der Waals surface area contributed by atoms with Crippen LogP contribution in [0.3, 0.4) is 0 Å². The molecule has 1 heterocycles. The summed E-state index contributed by atoms with van der Waals surface area (Å²) in [5.74, 6) is 1.04. The third-order valence-corrected chi connectivity index (χ3v) is 2.22. The van der Waals surface area contributed by atoms with Crippen molar-refractivity contribution in [3.63, 3.8) is 0 Å². The molecule has 18 heavy (non-hydrogen) atoms. The Kier molecular flexibility index (Phi) is 5.23. The van der Waals surface area contributed by atoms with Crippen LogP contribution in [0.4, 0.5) is 4.79 Å². The van der Waals surface area contributed by atoms with Crippen LogP contribution in [0.1, 0.15) is 18.4 Å². The number of esters is 1. The normalized spacial score (nSPS) is 9.94. The Balaban J connectivity index is 2.35. The van der Waals surface area contributed by atoms with Crippen molar-refractivity contribution < 1.29 is 18.7 Å². The van der Waals surface area contributed by atoms with Gasteiger partial charge in [-0.1, -0.05) is 0 Å². The lowest BCUT2D eigenvalue weighted by molar-refractivity contribution is -0.141. The molecule has 1 N–H and O–H groups in total. The molecule has 0 atom stereocenters. The third kappa shape index (κ3) is 4.48. The summed E-state index contributed by atoms with van der Waals surface area (Å²) in [7, 11) is 1.62. The molecule has 0 aromatic carbocycles. The van der Waals surface area contributed by atoms with Crippen LogP contribution in [0.15, 0.2) is 16.5 Å². The number of hydrogen-bond acceptors (Lipinski definition) is 4. The molecule has 6 heteroatoms. The molecule has 0 spiro atoms. The zero-order valence-corrected chi connectivity index (χ0v) is 10.9. The van der Waals surface area contributed by atoms with Gasteiger partial charge < -0.3 is 19.4 Å². The van der Waals surface area contributed by atoms with Crippen LogP contribution in [-0.4, -0.2) is 37.1 Å². The fraction of sp³-hybridized carbons (Fsp3) is 0.500. The molecule has 2 amide bonds. The fourth-order valence-corrected chi connectivity index (χ4v) is 1.37. The van der Waals surface area contributed by atoms with E-state index < -0.39 is 5.97 Å². The number of aryl methyl sites for hydroxylation is 1. The molecule has 6 nitrogen and oxygen atoms in total. The number of rotatable bonds is 5. The Labute approximate surface area is 106 Å². The van der Waals surface area contributed by atoms with Gasteiger partial charge in [-0.3, -0.25) is 4.79 Å².